The molecule has 0 saturated heterocycles. The van der Waals surface area contributed by atoms with Crippen LogP contribution in [0.1, 0.15) is 15.3 Å². The average Bonchev–Trinajstić information content (AvgIpc) is 2.83. The molecule has 2 aromatic rings. The summed E-state index contributed by atoms with van der Waals surface area (Å²) in [5, 5.41) is 12.0. The highest BCUT2D eigenvalue weighted by Gasteiger charge is 2.04. The molecule has 0 aliphatic heterocycles. The van der Waals surface area contributed by atoms with Crippen LogP contribution in [0.5, 0.6) is 0 Å². The van der Waals surface area contributed by atoms with Crippen LogP contribution in [0.4, 0.5) is 4.39 Å². The van der Waals surface area contributed by atoms with Gasteiger partial charge in [-0.3, -0.25) is 4.79 Å². The first-order valence-electron chi connectivity index (χ1n) is 6.38. The largest absolute Gasteiger partial charge is 0.481 e. The number of carboxylic acids is 1. The average molecular weight is 293 g/mol. The van der Waals surface area contributed by atoms with Gasteiger partial charge in [0.15, 0.2) is 0 Å². The standard InChI is InChI=1S/C15H16FNO2S/c16-12-3-1-11(2-4-12)7-8-17-10-14-6-5-13(20-14)9-15(18)19/h1-6,17H,7-10H2,(H,18,19). The van der Waals surface area contributed by atoms with E-state index in [9.17, 15) is 9.18 Å². The van der Waals surface area contributed by atoms with Gasteiger partial charge in [-0.05, 0) is 42.8 Å². The van der Waals surface area contributed by atoms with Crippen LogP contribution in [0.3, 0.4) is 0 Å². The van der Waals surface area contributed by atoms with E-state index in [1.54, 1.807) is 12.1 Å². The van der Waals surface area contributed by atoms with Crippen molar-refractivity contribution in [3.05, 3.63) is 57.5 Å². The number of aliphatic carboxylic acids is 1. The molecule has 1 heterocycles. The molecule has 1 aromatic carbocycles. The van der Waals surface area contributed by atoms with Gasteiger partial charge in [-0.15, -0.1) is 11.3 Å². The van der Waals surface area contributed by atoms with Crippen LogP contribution >= 0.6 is 11.3 Å². The monoisotopic (exact) mass is 293 g/mol. The Bertz CT molecular complexity index is 566. The molecule has 20 heavy (non-hydrogen) atoms. The molecule has 0 spiro atoms. The summed E-state index contributed by atoms with van der Waals surface area (Å²) in [6, 6.07) is 10.3. The molecule has 106 valence electrons. The zero-order chi connectivity index (χ0) is 14.4. The van der Waals surface area contributed by atoms with Gasteiger partial charge in [-0.25, -0.2) is 4.39 Å². The number of thiophene rings is 1. The van der Waals surface area contributed by atoms with Gasteiger partial charge in [0.25, 0.3) is 0 Å². The molecule has 0 fully saturated rings. The van der Waals surface area contributed by atoms with Crippen molar-refractivity contribution < 1.29 is 14.3 Å². The lowest BCUT2D eigenvalue weighted by Crippen LogP contribution is -2.15. The second-order valence-corrected chi connectivity index (χ2v) is 5.74. The van der Waals surface area contributed by atoms with Crippen LogP contribution in [0, 0.1) is 5.82 Å². The second kappa shape index (κ2) is 7.17. The molecule has 1 aromatic heterocycles. The first-order valence-corrected chi connectivity index (χ1v) is 7.19. The number of hydrogen-bond donors (Lipinski definition) is 2. The minimum atomic E-state index is -0.803. The zero-order valence-electron chi connectivity index (χ0n) is 10.9. The quantitative estimate of drug-likeness (QED) is 0.772. The summed E-state index contributed by atoms with van der Waals surface area (Å²) in [7, 11) is 0. The predicted octanol–water partition coefficient (Wildman–Crippen LogP) is 2.85. The summed E-state index contributed by atoms with van der Waals surface area (Å²) < 4.78 is 12.7. The number of nitrogens with one attached hydrogen (secondary N) is 1. The van der Waals surface area contributed by atoms with E-state index >= 15 is 0 Å². The number of carbonyl (C=O) groups is 1. The number of benzene rings is 1. The first-order chi connectivity index (χ1) is 9.63. The van der Waals surface area contributed by atoms with Crippen molar-refractivity contribution in [2.75, 3.05) is 6.54 Å². The first kappa shape index (κ1) is 14.7. The Labute approximate surface area is 121 Å². The summed E-state index contributed by atoms with van der Waals surface area (Å²) in [4.78, 5) is 12.6. The summed E-state index contributed by atoms with van der Waals surface area (Å²) in [5.74, 6) is -1.02. The second-order valence-electron chi connectivity index (χ2n) is 4.49. The van der Waals surface area contributed by atoms with E-state index in [4.69, 9.17) is 5.11 Å². The van der Waals surface area contributed by atoms with Crippen molar-refractivity contribution >= 4 is 17.3 Å². The lowest BCUT2D eigenvalue weighted by Gasteiger charge is -2.03. The highest BCUT2D eigenvalue weighted by atomic mass is 32.1. The van der Waals surface area contributed by atoms with Gasteiger partial charge in [0, 0.05) is 16.3 Å². The van der Waals surface area contributed by atoms with Gasteiger partial charge in [0.2, 0.25) is 0 Å². The van der Waals surface area contributed by atoms with E-state index < -0.39 is 5.97 Å². The number of rotatable bonds is 7. The van der Waals surface area contributed by atoms with Crippen LogP contribution in [-0.2, 0) is 24.2 Å². The molecular formula is C15H16FNO2S. The smallest absolute Gasteiger partial charge is 0.308 e. The highest BCUT2D eigenvalue weighted by molar-refractivity contribution is 7.12. The van der Waals surface area contributed by atoms with Crippen LogP contribution in [0.15, 0.2) is 36.4 Å². The maximum Gasteiger partial charge on any atom is 0.308 e. The highest BCUT2D eigenvalue weighted by Crippen LogP contribution is 2.16. The summed E-state index contributed by atoms with van der Waals surface area (Å²) in [5.41, 5.74) is 1.09. The fraction of sp³-hybridized carbons (Fsp3) is 0.267. The van der Waals surface area contributed by atoms with Gasteiger partial charge < -0.3 is 10.4 Å². The third-order valence-electron chi connectivity index (χ3n) is 2.85. The minimum Gasteiger partial charge on any atom is -0.481 e. The maximum absolute atomic E-state index is 12.7. The molecule has 2 rings (SSSR count). The molecule has 3 nitrogen and oxygen atoms in total. The molecular weight excluding hydrogens is 277 g/mol. The summed E-state index contributed by atoms with van der Waals surface area (Å²) in [6.45, 7) is 1.53. The SMILES string of the molecule is O=C(O)Cc1ccc(CNCCc2ccc(F)cc2)s1. The molecule has 0 saturated carbocycles. The molecule has 0 aliphatic carbocycles. The van der Waals surface area contributed by atoms with E-state index in [0.717, 1.165) is 34.8 Å². The predicted molar refractivity (Wildman–Crippen MR) is 77.5 cm³/mol. The normalized spacial score (nSPS) is 10.7. The van der Waals surface area contributed by atoms with Crippen molar-refractivity contribution in [1.82, 2.24) is 5.32 Å². The van der Waals surface area contributed by atoms with E-state index in [1.165, 1.54) is 23.5 Å². The number of halogens is 1. The van der Waals surface area contributed by atoms with Crippen molar-refractivity contribution in [2.45, 2.75) is 19.4 Å². The molecule has 0 aliphatic rings. The topological polar surface area (TPSA) is 49.3 Å². The molecule has 0 unspecified atom stereocenters. The Balaban J connectivity index is 1.71. The minimum absolute atomic E-state index is 0.0836. The van der Waals surface area contributed by atoms with Crippen LogP contribution in [0.25, 0.3) is 0 Å². The fourth-order valence-corrected chi connectivity index (χ4v) is 2.84. The number of hydrogen-bond acceptors (Lipinski definition) is 3. The Morgan fingerprint density at radius 1 is 1.15 bits per heavy atom. The van der Waals surface area contributed by atoms with E-state index in [-0.39, 0.29) is 12.2 Å². The third-order valence-corrected chi connectivity index (χ3v) is 3.93. The molecule has 5 heteroatoms. The lowest BCUT2D eigenvalue weighted by atomic mass is 10.1. The molecule has 0 radical (unpaired) electrons. The third kappa shape index (κ3) is 4.75. The summed E-state index contributed by atoms with van der Waals surface area (Å²) in [6.07, 6.45) is 0.924. The van der Waals surface area contributed by atoms with Gasteiger partial charge in [-0.1, -0.05) is 12.1 Å². The lowest BCUT2D eigenvalue weighted by molar-refractivity contribution is -0.136. The van der Waals surface area contributed by atoms with E-state index in [1.807, 2.05) is 12.1 Å². The van der Waals surface area contributed by atoms with Crippen LogP contribution in [0.2, 0.25) is 0 Å². The van der Waals surface area contributed by atoms with Crippen molar-refractivity contribution in [3.63, 3.8) is 0 Å². The molecule has 0 amide bonds. The Kier molecular flexibility index (Phi) is 5.26. The fourth-order valence-electron chi connectivity index (χ4n) is 1.86. The molecule has 0 atom stereocenters. The molecule has 0 bridgehead atoms. The zero-order valence-corrected chi connectivity index (χ0v) is 11.8. The van der Waals surface area contributed by atoms with Crippen LogP contribution < -0.4 is 5.32 Å². The van der Waals surface area contributed by atoms with Crippen molar-refractivity contribution in [1.29, 1.82) is 0 Å². The van der Waals surface area contributed by atoms with Crippen LogP contribution in [-0.4, -0.2) is 17.6 Å². The maximum atomic E-state index is 12.7. The van der Waals surface area contributed by atoms with Crippen molar-refractivity contribution in [3.8, 4) is 0 Å². The molecule has 2 N–H and O–H groups in total. The van der Waals surface area contributed by atoms with Gasteiger partial charge in [-0.2, -0.15) is 0 Å². The Morgan fingerprint density at radius 2 is 1.85 bits per heavy atom. The summed E-state index contributed by atoms with van der Waals surface area (Å²) >= 11 is 1.52. The van der Waals surface area contributed by atoms with E-state index in [0.29, 0.717) is 0 Å². The van der Waals surface area contributed by atoms with Gasteiger partial charge in [0.05, 0.1) is 6.42 Å². The van der Waals surface area contributed by atoms with Crippen molar-refractivity contribution in [2.24, 2.45) is 0 Å². The van der Waals surface area contributed by atoms with E-state index in [2.05, 4.69) is 5.32 Å². The Morgan fingerprint density at radius 3 is 2.55 bits per heavy atom. The Hall–Kier alpha value is -1.72. The van der Waals surface area contributed by atoms with Gasteiger partial charge >= 0.3 is 5.97 Å². The van der Waals surface area contributed by atoms with Gasteiger partial charge in [0.1, 0.15) is 5.82 Å². The number of carboxylic acid groups (broad SMARTS) is 1.